The Labute approximate surface area is 313 Å². The van der Waals surface area contributed by atoms with Gasteiger partial charge in [-0.15, -0.1) is 0 Å². The number of nitrogens with one attached hydrogen (secondary N) is 1. The van der Waals surface area contributed by atoms with Gasteiger partial charge in [-0.1, -0.05) is 58.0 Å². The van der Waals surface area contributed by atoms with E-state index in [1.165, 1.54) is 19.2 Å². The fourth-order valence-corrected chi connectivity index (χ4v) is 5.18. The molecule has 1 saturated heterocycles. The minimum Gasteiger partial charge on any atom is -0.494 e. The van der Waals surface area contributed by atoms with Crippen LogP contribution in [-0.4, -0.2) is 86.1 Å². The topological polar surface area (TPSA) is 114 Å². The van der Waals surface area contributed by atoms with Crippen molar-refractivity contribution in [3.63, 3.8) is 0 Å². The SMILES string of the molecule is C=CC(=O)NC(C)(C)C.CC(C)(C)N1CC1.CC(C)(C)OS(C)(=O)=O.CCCCOc1ccc(C(C)(C)c2ccc(OCC(F)(F)CO)cc2)cc1. The van der Waals surface area contributed by atoms with Crippen molar-refractivity contribution in [2.75, 3.05) is 39.2 Å². The normalized spacial score (nSPS) is 13.5. The largest absolute Gasteiger partial charge is 0.494 e. The molecule has 0 radical (unpaired) electrons. The third-order valence-corrected chi connectivity index (χ3v) is 7.88. The molecule has 1 amide bonds. The summed E-state index contributed by atoms with van der Waals surface area (Å²) in [5, 5.41) is 11.3. The number of aliphatic hydroxyl groups is 1. The Hall–Kier alpha value is -3.06. The van der Waals surface area contributed by atoms with Gasteiger partial charge in [0.15, 0.2) is 6.61 Å². The highest BCUT2D eigenvalue weighted by atomic mass is 32.2. The molecule has 12 heteroatoms. The average Bonchev–Trinajstić information content (AvgIpc) is 3.86. The van der Waals surface area contributed by atoms with Crippen molar-refractivity contribution in [3.8, 4) is 11.5 Å². The Kier molecular flexibility index (Phi) is 19.8. The molecule has 0 aliphatic carbocycles. The molecular formula is C40H66F2N2O7S. The molecule has 2 N–H and O–H groups in total. The van der Waals surface area contributed by atoms with Gasteiger partial charge in [-0.2, -0.15) is 8.42 Å². The summed E-state index contributed by atoms with van der Waals surface area (Å²) in [7, 11) is -3.28. The zero-order valence-electron chi connectivity index (χ0n) is 33.9. The molecule has 3 rings (SSSR count). The van der Waals surface area contributed by atoms with Crippen LogP contribution in [0.3, 0.4) is 0 Å². The van der Waals surface area contributed by atoms with Gasteiger partial charge in [0.25, 0.3) is 10.1 Å². The summed E-state index contributed by atoms with van der Waals surface area (Å²) in [6.45, 7) is 28.5. The van der Waals surface area contributed by atoms with E-state index < -0.39 is 34.9 Å². The smallest absolute Gasteiger partial charge is 0.303 e. The Bertz CT molecular complexity index is 1440. The van der Waals surface area contributed by atoms with E-state index in [1.807, 2.05) is 57.2 Å². The predicted molar refractivity (Wildman–Crippen MR) is 208 cm³/mol. The van der Waals surface area contributed by atoms with Crippen molar-refractivity contribution in [3.05, 3.63) is 72.3 Å². The number of nitrogens with zero attached hydrogens (tertiary/aromatic N) is 1. The lowest BCUT2D eigenvalue weighted by Crippen LogP contribution is -2.39. The number of carbonyl (C=O) groups excluding carboxylic acids is 1. The maximum atomic E-state index is 13.1. The van der Waals surface area contributed by atoms with Crippen molar-refractivity contribution >= 4 is 16.0 Å². The van der Waals surface area contributed by atoms with Crippen LogP contribution < -0.4 is 14.8 Å². The number of hydrogen-bond acceptors (Lipinski definition) is 8. The second-order valence-electron chi connectivity index (χ2n) is 16.2. The molecule has 0 bridgehead atoms. The van der Waals surface area contributed by atoms with E-state index in [0.717, 1.165) is 42.6 Å². The lowest BCUT2D eigenvalue weighted by Gasteiger charge is -2.26. The molecule has 9 nitrogen and oxygen atoms in total. The molecule has 0 aromatic heterocycles. The molecule has 2 aromatic rings. The number of rotatable bonds is 12. The monoisotopic (exact) mass is 756 g/mol. The predicted octanol–water partition coefficient (Wildman–Crippen LogP) is 8.15. The summed E-state index contributed by atoms with van der Waals surface area (Å²) in [5.41, 5.74) is 1.61. The van der Waals surface area contributed by atoms with E-state index in [2.05, 4.69) is 62.5 Å². The number of hydrogen-bond donors (Lipinski definition) is 2. The maximum absolute atomic E-state index is 13.1. The van der Waals surface area contributed by atoms with Gasteiger partial charge in [-0.3, -0.25) is 13.9 Å². The van der Waals surface area contributed by atoms with Crippen LogP contribution in [0.25, 0.3) is 0 Å². The zero-order chi connectivity index (χ0) is 40.6. The molecule has 1 fully saturated rings. The van der Waals surface area contributed by atoms with Crippen LogP contribution in [0.1, 0.15) is 107 Å². The van der Waals surface area contributed by atoms with Crippen LogP contribution in [0.4, 0.5) is 8.78 Å². The first-order chi connectivity index (χ1) is 23.5. The number of aliphatic hydroxyl groups excluding tert-OH is 1. The Balaban J connectivity index is 0.000000840. The average molecular weight is 757 g/mol. The van der Waals surface area contributed by atoms with Crippen LogP contribution in [0.15, 0.2) is 61.2 Å². The number of halogens is 2. The second kappa shape index (κ2) is 21.0. The van der Waals surface area contributed by atoms with Gasteiger partial charge in [0.2, 0.25) is 5.91 Å². The summed E-state index contributed by atoms with van der Waals surface area (Å²) in [6.07, 6.45) is 4.44. The fraction of sp³-hybridized carbons (Fsp3) is 0.625. The highest BCUT2D eigenvalue weighted by Crippen LogP contribution is 2.33. The van der Waals surface area contributed by atoms with Gasteiger partial charge in [0.05, 0.1) is 18.5 Å². The molecule has 1 heterocycles. The number of unbranched alkanes of at least 4 members (excludes halogenated alkanes) is 1. The molecule has 52 heavy (non-hydrogen) atoms. The lowest BCUT2D eigenvalue weighted by molar-refractivity contribution is -0.117. The van der Waals surface area contributed by atoms with Crippen molar-refractivity contribution in [1.29, 1.82) is 0 Å². The van der Waals surface area contributed by atoms with Crippen molar-refractivity contribution in [1.82, 2.24) is 10.2 Å². The molecule has 1 aliphatic rings. The molecule has 0 unspecified atom stereocenters. The first kappa shape index (κ1) is 48.9. The first-order valence-electron chi connectivity index (χ1n) is 17.6. The van der Waals surface area contributed by atoms with E-state index in [0.29, 0.717) is 11.3 Å². The number of benzene rings is 2. The van der Waals surface area contributed by atoms with E-state index in [4.69, 9.17) is 14.6 Å². The number of amides is 1. The van der Waals surface area contributed by atoms with Crippen molar-refractivity contribution in [2.45, 2.75) is 124 Å². The standard InChI is InChI=1S/C22H28F2O3.C7H13NO.C6H13N.C5H12O3S/c1-4-5-14-26-19-10-6-17(7-11-19)21(2,3)18-8-12-20(13-9-18)27-16-22(23,24)15-25;1-5-6(9)8-7(2,3)4;1-6(2,3)7-4-5-7;1-5(2,3)8-9(4,6)7/h6-13,25H,4-5,14-16H2,1-3H3;5H,1H2,2-4H3,(H,8,9);4-5H2,1-3H3;1-4H3. The third kappa shape index (κ3) is 23.5. The van der Waals surface area contributed by atoms with Crippen LogP contribution in [-0.2, 0) is 24.5 Å². The van der Waals surface area contributed by atoms with E-state index in [-0.39, 0.29) is 16.9 Å². The van der Waals surface area contributed by atoms with Crippen LogP contribution in [0.5, 0.6) is 11.5 Å². The van der Waals surface area contributed by atoms with Gasteiger partial charge in [0, 0.05) is 29.6 Å². The number of ether oxygens (including phenoxy) is 2. The van der Waals surface area contributed by atoms with Gasteiger partial charge in [-0.05, 0) is 110 Å². The molecular weight excluding hydrogens is 691 g/mol. The van der Waals surface area contributed by atoms with Crippen LogP contribution >= 0.6 is 0 Å². The minimum absolute atomic E-state index is 0.123. The lowest BCUT2D eigenvalue weighted by atomic mass is 9.78. The highest BCUT2D eigenvalue weighted by Gasteiger charge is 2.30. The summed E-state index contributed by atoms with van der Waals surface area (Å²) < 4.78 is 62.4. The van der Waals surface area contributed by atoms with E-state index >= 15 is 0 Å². The van der Waals surface area contributed by atoms with Crippen molar-refractivity contribution < 1.29 is 40.8 Å². The Morgan fingerprint density at radius 1 is 0.865 bits per heavy atom. The van der Waals surface area contributed by atoms with Gasteiger partial charge >= 0.3 is 5.92 Å². The van der Waals surface area contributed by atoms with Crippen LogP contribution in [0.2, 0.25) is 0 Å². The Morgan fingerprint density at radius 2 is 1.31 bits per heavy atom. The number of alkyl halides is 2. The highest BCUT2D eigenvalue weighted by molar-refractivity contribution is 7.86. The molecule has 0 saturated carbocycles. The molecule has 0 atom stereocenters. The van der Waals surface area contributed by atoms with Gasteiger partial charge < -0.3 is 19.9 Å². The molecule has 298 valence electrons. The summed E-state index contributed by atoms with van der Waals surface area (Å²) in [5.74, 6) is -2.15. The summed E-state index contributed by atoms with van der Waals surface area (Å²) in [4.78, 5) is 13.0. The maximum Gasteiger partial charge on any atom is 0.303 e. The van der Waals surface area contributed by atoms with Crippen molar-refractivity contribution in [2.24, 2.45) is 0 Å². The summed E-state index contributed by atoms with van der Waals surface area (Å²) >= 11 is 0. The Morgan fingerprint density at radius 3 is 1.56 bits per heavy atom. The van der Waals surface area contributed by atoms with E-state index in [1.54, 1.807) is 32.9 Å². The summed E-state index contributed by atoms with van der Waals surface area (Å²) in [6, 6.07) is 15.1. The van der Waals surface area contributed by atoms with E-state index in [9.17, 15) is 22.0 Å². The molecule has 2 aromatic carbocycles. The van der Waals surface area contributed by atoms with Gasteiger partial charge in [0.1, 0.15) is 18.1 Å². The second-order valence-corrected chi connectivity index (χ2v) is 17.8. The fourth-order valence-electron chi connectivity index (χ4n) is 4.27. The zero-order valence-corrected chi connectivity index (χ0v) is 34.7. The third-order valence-electron chi connectivity index (χ3n) is 7.08. The van der Waals surface area contributed by atoms with Crippen LogP contribution in [0, 0.1) is 0 Å². The first-order valence-corrected chi connectivity index (χ1v) is 19.4. The number of carbonyl (C=O) groups is 1. The minimum atomic E-state index is -3.28. The molecule has 0 spiro atoms. The molecule has 1 aliphatic heterocycles. The quantitative estimate of drug-likeness (QED) is 0.0966. The van der Waals surface area contributed by atoms with Gasteiger partial charge in [-0.25, -0.2) is 8.78 Å².